The molecule has 1 amide bonds. The van der Waals surface area contributed by atoms with Crippen molar-refractivity contribution in [1.29, 1.82) is 0 Å². The first-order valence-electron chi connectivity index (χ1n) is 11.0. The second-order valence-electron chi connectivity index (χ2n) is 8.61. The van der Waals surface area contributed by atoms with Gasteiger partial charge in [0.15, 0.2) is 0 Å². The number of amides is 1. The summed E-state index contributed by atoms with van der Waals surface area (Å²) in [6, 6.07) is 3.39. The number of nitrogens with one attached hydrogen (secondary N) is 1. The van der Waals surface area contributed by atoms with Crippen LogP contribution in [0.15, 0.2) is 23.1 Å². The van der Waals surface area contributed by atoms with Gasteiger partial charge in [0.05, 0.1) is 25.2 Å². The number of ether oxygens (including phenoxy) is 2. The third-order valence-electron chi connectivity index (χ3n) is 7.04. The van der Waals surface area contributed by atoms with Crippen LogP contribution in [0.4, 0.5) is 0 Å². The van der Waals surface area contributed by atoms with Crippen LogP contribution in [0.25, 0.3) is 0 Å². The molecule has 1 aliphatic carbocycles. The lowest BCUT2D eigenvalue weighted by molar-refractivity contribution is -0.168. The lowest BCUT2D eigenvalue weighted by atomic mass is 9.61. The van der Waals surface area contributed by atoms with E-state index in [0.29, 0.717) is 31.3 Å². The number of pyridine rings is 1. The first-order valence-corrected chi connectivity index (χ1v) is 11.0. The Kier molecular flexibility index (Phi) is 6.24. The van der Waals surface area contributed by atoms with Crippen LogP contribution in [-0.4, -0.2) is 78.7 Å². The lowest BCUT2D eigenvalue weighted by Crippen LogP contribution is -2.59. The number of likely N-dealkylation sites (tertiary alicyclic amines) is 1. The van der Waals surface area contributed by atoms with E-state index < -0.39 is 5.41 Å². The van der Waals surface area contributed by atoms with Crippen molar-refractivity contribution in [3.8, 4) is 0 Å². The molecule has 0 aromatic carbocycles. The molecule has 2 saturated heterocycles. The number of aromatic nitrogens is 1. The van der Waals surface area contributed by atoms with E-state index in [1.54, 1.807) is 11.0 Å². The average molecular weight is 418 g/mol. The second-order valence-corrected chi connectivity index (χ2v) is 8.61. The number of fused-ring (bicyclic) bond motifs is 1. The smallest absolute Gasteiger partial charge is 0.314 e. The first kappa shape index (κ1) is 21.1. The number of H-pyrrole nitrogens is 1. The number of carbonyl (C=O) groups excluding carboxylic acids is 2. The van der Waals surface area contributed by atoms with Crippen LogP contribution >= 0.6 is 0 Å². The first-order chi connectivity index (χ1) is 14.5. The molecule has 1 aromatic heterocycles. The zero-order valence-electron chi connectivity index (χ0n) is 17.6. The molecule has 0 spiro atoms. The van der Waals surface area contributed by atoms with E-state index in [0.717, 1.165) is 52.0 Å². The number of rotatable bonds is 4. The highest BCUT2D eigenvalue weighted by Crippen LogP contribution is 2.48. The number of nitrogens with zero attached hydrogens (tertiary/aromatic N) is 2. The monoisotopic (exact) mass is 417 g/mol. The largest absolute Gasteiger partial charge is 0.466 e. The fourth-order valence-electron chi connectivity index (χ4n) is 5.45. The molecule has 3 aliphatic rings. The molecule has 1 N–H and O–H groups in total. The maximum Gasteiger partial charge on any atom is 0.314 e. The van der Waals surface area contributed by atoms with Crippen LogP contribution < -0.4 is 5.56 Å². The number of carbonyl (C=O) groups is 2. The van der Waals surface area contributed by atoms with Crippen LogP contribution in [-0.2, 0) is 14.3 Å². The van der Waals surface area contributed by atoms with Crippen LogP contribution in [0.1, 0.15) is 43.0 Å². The van der Waals surface area contributed by atoms with Gasteiger partial charge in [-0.15, -0.1) is 0 Å². The van der Waals surface area contributed by atoms with Crippen molar-refractivity contribution in [3.63, 3.8) is 0 Å². The third-order valence-corrected chi connectivity index (χ3v) is 7.04. The van der Waals surface area contributed by atoms with Gasteiger partial charge >= 0.3 is 5.97 Å². The highest BCUT2D eigenvalue weighted by atomic mass is 16.5. The van der Waals surface area contributed by atoms with Gasteiger partial charge in [0.1, 0.15) is 0 Å². The normalized spacial score (nSPS) is 29.8. The van der Waals surface area contributed by atoms with Crippen molar-refractivity contribution >= 4 is 11.9 Å². The molecule has 0 radical (unpaired) electrons. The van der Waals surface area contributed by atoms with Crippen LogP contribution in [0.3, 0.4) is 0 Å². The molecular formula is C22H31N3O5. The number of piperidine rings is 1. The SMILES string of the molecule is CCOC(=O)[C@@]12CC[C@@H](N3CCOCC3)C[C@H]1CCN(C(=O)c1cc[nH]c(=O)c1)C2. The van der Waals surface area contributed by atoms with Crippen LogP contribution in [0, 0.1) is 11.3 Å². The maximum atomic E-state index is 13.1. The summed E-state index contributed by atoms with van der Waals surface area (Å²) in [5.41, 5.74) is -0.603. The highest BCUT2D eigenvalue weighted by molar-refractivity contribution is 5.94. The van der Waals surface area contributed by atoms with Crippen LogP contribution in [0.5, 0.6) is 0 Å². The van der Waals surface area contributed by atoms with Gasteiger partial charge in [-0.2, -0.15) is 0 Å². The van der Waals surface area contributed by atoms with E-state index in [4.69, 9.17) is 9.47 Å². The molecular weight excluding hydrogens is 386 g/mol. The Bertz CT molecular complexity index is 834. The summed E-state index contributed by atoms with van der Waals surface area (Å²) in [4.78, 5) is 44.6. The summed E-state index contributed by atoms with van der Waals surface area (Å²) in [6.07, 6.45) is 4.84. The molecule has 8 heteroatoms. The number of hydrogen-bond donors (Lipinski definition) is 1. The fraction of sp³-hybridized carbons (Fsp3) is 0.682. The summed E-state index contributed by atoms with van der Waals surface area (Å²) in [7, 11) is 0. The van der Waals surface area contributed by atoms with E-state index in [9.17, 15) is 14.4 Å². The Morgan fingerprint density at radius 2 is 2.07 bits per heavy atom. The van der Waals surface area contributed by atoms with E-state index >= 15 is 0 Å². The van der Waals surface area contributed by atoms with Gasteiger partial charge in [-0.3, -0.25) is 19.3 Å². The molecule has 1 aromatic rings. The second kappa shape index (κ2) is 8.89. The molecule has 1 saturated carbocycles. The summed E-state index contributed by atoms with van der Waals surface area (Å²) >= 11 is 0. The zero-order chi connectivity index (χ0) is 21.1. The number of morpholine rings is 1. The molecule has 0 unspecified atom stereocenters. The standard InChI is InChI=1S/C22H31N3O5/c1-2-30-21(28)22-6-3-18(24-9-11-29-12-10-24)14-17(22)5-8-25(15-22)20(27)16-4-7-23-19(26)13-16/h4,7,13,17-18H,2-3,5-6,8-12,14-15H2,1H3,(H,23,26)/t17-,18-,22-/m1/s1. The summed E-state index contributed by atoms with van der Waals surface area (Å²) in [5, 5.41) is 0. The Labute approximate surface area is 176 Å². The molecule has 3 atom stereocenters. The van der Waals surface area contributed by atoms with Gasteiger partial charge < -0.3 is 19.4 Å². The maximum absolute atomic E-state index is 13.1. The van der Waals surface area contributed by atoms with E-state index in [2.05, 4.69) is 9.88 Å². The molecule has 4 rings (SSSR count). The van der Waals surface area contributed by atoms with Gasteiger partial charge in [0, 0.05) is 50.0 Å². The minimum Gasteiger partial charge on any atom is -0.466 e. The molecule has 8 nitrogen and oxygen atoms in total. The number of aromatic amines is 1. The third kappa shape index (κ3) is 4.03. The van der Waals surface area contributed by atoms with Gasteiger partial charge in [0.25, 0.3) is 5.91 Å². The predicted molar refractivity (Wildman–Crippen MR) is 110 cm³/mol. The summed E-state index contributed by atoms with van der Waals surface area (Å²) in [5.74, 6) is -0.182. The van der Waals surface area contributed by atoms with Crippen LogP contribution in [0.2, 0.25) is 0 Å². The Hall–Kier alpha value is -2.19. The summed E-state index contributed by atoms with van der Waals surface area (Å²) < 4.78 is 11.0. The minimum absolute atomic E-state index is 0.182. The molecule has 30 heavy (non-hydrogen) atoms. The molecule has 164 valence electrons. The molecule has 3 fully saturated rings. The quantitative estimate of drug-likeness (QED) is 0.742. The minimum atomic E-state index is -0.659. The van der Waals surface area contributed by atoms with Crippen molar-refractivity contribution in [2.24, 2.45) is 11.3 Å². The molecule has 0 bridgehead atoms. The summed E-state index contributed by atoms with van der Waals surface area (Å²) in [6.45, 7) is 6.53. The van der Waals surface area contributed by atoms with Gasteiger partial charge in [-0.1, -0.05) is 0 Å². The number of esters is 1. The van der Waals surface area contributed by atoms with Crippen molar-refractivity contribution < 1.29 is 19.1 Å². The lowest BCUT2D eigenvalue weighted by Gasteiger charge is -2.52. The highest BCUT2D eigenvalue weighted by Gasteiger charge is 2.54. The molecule has 2 aliphatic heterocycles. The Balaban J connectivity index is 1.54. The number of hydrogen-bond acceptors (Lipinski definition) is 6. The van der Waals surface area contributed by atoms with Crippen molar-refractivity contribution in [3.05, 3.63) is 34.2 Å². The van der Waals surface area contributed by atoms with E-state index in [1.165, 1.54) is 12.3 Å². The van der Waals surface area contributed by atoms with Crippen molar-refractivity contribution in [2.45, 2.75) is 38.6 Å². The molecule has 3 heterocycles. The Morgan fingerprint density at radius 3 is 2.80 bits per heavy atom. The van der Waals surface area contributed by atoms with Gasteiger partial charge in [0.2, 0.25) is 5.56 Å². The van der Waals surface area contributed by atoms with Crippen molar-refractivity contribution in [1.82, 2.24) is 14.8 Å². The average Bonchev–Trinajstić information content (AvgIpc) is 2.78. The predicted octanol–water partition coefficient (Wildman–Crippen LogP) is 1.27. The topological polar surface area (TPSA) is 91.9 Å². The van der Waals surface area contributed by atoms with Gasteiger partial charge in [-0.25, -0.2) is 0 Å². The van der Waals surface area contributed by atoms with Crippen molar-refractivity contribution in [2.75, 3.05) is 46.0 Å². The zero-order valence-corrected chi connectivity index (χ0v) is 17.6. The fourth-order valence-corrected chi connectivity index (χ4v) is 5.45. The van der Waals surface area contributed by atoms with Gasteiger partial charge in [-0.05, 0) is 44.6 Å². The van der Waals surface area contributed by atoms with E-state index in [1.807, 2.05) is 6.92 Å². The van der Waals surface area contributed by atoms with E-state index in [-0.39, 0.29) is 23.4 Å². The Morgan fingerprint density at radius 1 is 1.27 bits per heavy atom.